The maximum absolute atomic E-state index is 12.5. The Labute approximate surface area is 294 Å². The van der Waals surface area contributed by atoms with Gasteiger partial charge in [0.25, 0.3) is 11.8 Å². The molecule has 12 heteroatoms. The number of aliphatic carboxylic acids is 2. The van der Waals surface area contributed by atoms with Crippen molar-refractivity contribution in [3.05, 3.63) is 70.8 Å². The number of aryl methyl sites for hydroxylation is 2. The second-order valence-electron chi connectivity index (χ2n) is 12.8. The summed E-state index contributed by atoms with van der Waals surface area (Å²) < 4.78 is 11.4. The van der Waals surface area contributed by atoms with Crippen LogP contribution >= 0.6 is 0 Å². The zero-order valence-electron chi connectivity index (χ0n) is 29.3. The molecule has 2 amide bonds. The van der Waals surface area contributed by atoms with Gasteiger partial charge in [0.1, 0.15) is 11.5 Å². The Bertz CT molecular complexity index is 1390. The maximum Gasteiger partial charge on any atom is 0.328 e. The molecular weight excluding hydrogens is 640 g/mol. The fraction of sp³-hybridized carbons (Fsp3) is 0.526. The first-order valence-corrected chi connectivity index (χ1v) is 17.9. The first kappa shape index (κ1) is 38.4. The summed E-state index contributed by atoms with van der Waals surface area (Å²) in [5.41, 5.74) is 3.69. The lowest BCUT2D eigenvalue weighted by molar-refractivity contribution is -0.134. The molecule has 2 atom stereocenters. The minimum absolute atomic E-state index is 0.00305. The number of carboxylic acid groups (broad SMARTS) is 2. The number of likely N-dealkylation sites (tertiary alicyclic amines) is 2. The molecule has 0 aliphatic carbocycles. The average molecular weight is 693 g/mol. The van der Waals surface area contributed by atoms with Gasteiger partial charge in [0.2, 0.25) is 0 Å². The highest BCUT2D eigenvalue weighted by atomic mass is 16.5. The van der Waals surface area contributed by atoms with E-state index >= 15 is 0 Å². The van der Waals surface area contributed by atoms with Gasteiger partial charge >= 0.3 is 11.9 Å². The molecule has 4 aliphatic rings. The van der Waals surface area contributed by atoms with Crippen molar-refractivity contribution in [2.45, 2.75) is 77.3 Å². The Morgan fingerprint density at radius 1 is 0.700 bits per heavy atom. The molecule has 2 fully saturated rings. The van der Waals surface area contributed by atoms with Crippen molar-refractivity contribution < 1.29 is 38.9 Å². The lowest BCUT2D eigenvalue weighted by Gasteiger charge is -2.24. The molecule has 2 aromatic carbocycles. The quantitative estimate of drug-likeness (QED) is 0.267. The molecule has 0 saturated carbocycles. The van der Waals surface area contributed by atoms with E-state index in [1.54, 1.807) is 0 Å². The van der Waals surface area contributed by atoms with Gasteiger partial charge in [-0.25, -0.2) is 9.59 Å². The van der Waals surface area contributed by atoms with Crippen molar-refractivity contribution >= 4 is 23.8 Å². The Kier molecular flexibility index (Phi) is 15.1. The largest absolute Gasteiger partial charge is 0.492 e. The molecule has 0 bridgehead atoms. The Balaban J connectivity index is 0.000000186. The summed E-state index contributed by atoms with van der Waals surface area (Å²) in [4.78, 5) is 48.9. The summed E-state index contributed by atoms with van der Waals surface area (Å²) >= 11 is 0. The number of carboxylic acids is 2. The van der Waals surface area contributed by atoms with E-state index in [4.69, 9.17) is 19.7 Å². The fourth-order valence-corrected chi connectivity index (χ4v) is 6.97. The number of ether oxygens (including phenoxy) is 2. The minimum Gasteiger partial charge on any atom is -0.492 e. The standard InChI is InChI=1S/2C17H24N2O2.C4H4O4/c2*1-2-19-10-4-8-14(19)12-18-17(20)15-9-3-6-13-7-5-11-21-16(13)15;5-3(6)1-2-4(7)8/h2*3,6,9,14H,2,4-5,7-8,10-12H2,1H3,(H,18,20);1-2H,(H,5,6)(H,7,8)/b;;2-1+. The van der Waals surface area contributed by atoms with Crippen LogP contribution in [-0.2, 0) is 22.4 Å². The van der Waals surface area contributed by atoms with Crippen molar-refractivity contribution in [1.82, 2.24) is 20.4 Å². The molecule has 2 aromatic rings. The van der Waals surface area contributed by atoms with Crippen LogP contribution in [0.15, 0.2) is 48.6 Å². The zero-order valence-corrected chi connectivity index (χ0v) is 29.3. The van der Waals surface area contributed by atoms with Gasteiger partial charge in [-0.3, -0.25) is 19.4 Å². The van der Waals surface area contributed by atoms with Crippen LogP contribution in [0, 0.1) is 0 Å². The number of nitrogens with zero attached hydrogens (tertiary/aromatic N) is 2. The van der Waals surface area contributed by atoms with Gasteiger partial charge in [-0.05, 0) is 101 Å². The number of hydrogen-bond donors (Lipinski definition) is 4. The van der Waals surface area contributed by atoms with Crippen LogP contribution in [0.3, 0.4) is 0 Å². The molecule has 4 aliphatic heterocycles. The predicted octanol–water partition coefficient (Wildman–Crippen LogP) is 4.16. The number of carbonyl (C=O) groups excluding carboxylic acids is 2. The van der Waals surface area contributed by atoms with E-state index in [0.29, 0.717) is 48.6 Å². The Hall–Kier alpha value is -4.42. The highest BCUT2D eigenvalue weighted by Gasteiger charge is 2.26. The molecule has 6 rings (SSSR count). The Morgan fingerprint density at radius 2 is 1.12 bits per heavy atom. The molecule has 50 heavy (non-hydrogen) atoms. The number of hydrogen-bond acceptors (Lipinski definition) is 8. The third kappa shape index (κ3) is 11.0. The average Bonchev–Trinajstić information content (AvgIpc) is 3.81. The van der Waals surface area contributed by atoms with Crippen molar-refractivity contribution in [3.8, 4) is 11.5 Å². The van der Waals surface area contributed by atoms with Gasteiger partial charge < -0.3 is 30.3 Å². The van der Waals surface area contributed by atoms with E-state index < -0.39 is 11.9 Å². The topological polar surface area (TPSA) is 158 Å². The molecule has 2 saturated heterocycles. The van der Waals surface area contributed by atoms with Crippen LogP contribution in [0.4, 0.5) is 0 Å². The SMILES string of the molecule is CCN1CCCC1CNC(=O)c1cccc2c1OCCC2.CCN1CCCC1CNC(=O)c1cccc2c1OCCC2.O=C(O)/C=C/C(=O)O. The van der Waals surface area contributed by atoms with Gasteiger partial charge in [0, 0.05) is 37.3 Å². The summed E-state index contributed by atoms with van der Waals surface area (Å²) in [6.07, 6.45) is 10.0. The normalized spacial score (nSPS) is 19.7. The van der Waals surface area contributed by atoms with Crippen LogP contribution in [-0.4, -0.2) is 108 Å². The molecule has 0 aromatic heterocycles. The lowest BCUT2D eigenvalue weighted by atomic mass is 10.0. The Morgan fingerprint density at radius 3 is 1.50 bits per heavy atom. The number of carbonyl (C=O) groups is 4. The van der Waals surface area contributed by atoms with E-state index in [0.717, 1.165) is 87.6 Å². The monoisotopic (exact) mass is 692 g/mol. The van der Waals surface area contributed by atoms with Gasteiger partial charge in [-0.2, -0.15) is 0 Å². The second kappa shape index (κ2) is 19.7. The summed E-state index contributed by atoms with van der Waals surface area (Å²) in [5, 5.41) is 21.8. The number of likely N-dealkylation sites (N-methyl/N-ethyl adjacent to an activating group) is 2. The van der Waals surface area contributed by atoms with E-state index in [-0.39, 0.29) is 11.8 Å². The van der Waals surface area contributed by atoms with Gasteiger partial charge in [0.15, 0.2) is 0 Å². The highest BCUT2D eigenvalue weighted by Crippen LogP contribution is 2.30. The van der Waals surface area contributed by atoms with E-state index in [2.05, 4.69) is 46.4 Å². The van der Waals surface area contributed by atoms with Crippen LogP contribution in [0.5, 0.6) is 11.5 Å². The summed E-state index contributed by atoms with van der Waals surface area (Å²) in [7, 11) is 0. The lowest BCUT2D eigenvalue weighted by Crippen LogP contribution is -2.40. The van der Waals surface area contributed by atoms with Crippen molar-refractivity contribution in [2.24, 2.45) is 0 Å². The van der Waals surface area contributed by atoms with Crippen molar-refractivity contribution in [1.29, 1.82) is 0 Å². The summed E-state index contributed by atoms with van der Waals surface area (Å²) in [6.45, 7) is 11.7. The highest BCUT2D eigenvalue weighted by molar-refractivity contribution is 5.98. The molecule has 0 radical (unpaired) electrons. The van der Waals surface area contributed by atoms with Gasteiger partial charge in [-0.1, -0.05) is 38.1 Å². The molecule has 2 unspecified atom stereocenters. The van der Waals surface area contributed by atoms with E-state index in [1.165, 1.54) is 25.7 Å². The maximum atomic E-state index is 12.5. The number of rotatable bonds is 10. The number of amides is 2. The molecule has 4 heterocycles. The second-order valence-corrected chi connectivity index (χ2v) is 12.8. The first-order chi connectivity index (χ1) is 24.2. The molecule has 272 valence electrons. The number of nitrogens with one attached hydrogen (secondary N) is 2. The summed E-state index contributed by atoms with van der Waals surface area (Å²) in [6, 6.07) is 12.7. The van der Waals surface area contributed by atoms with Gasteiger partial charge in [0.05, 0.1) is 24.3 Å². The molecule has 12 nitrogen and oxygen atoms in total. The van der Waals surface area contributed by atoms with Crippen molar-refractivity contribution in [2.75, 3.05) is 52.5 Å². The van der Waals surface area contributed by atoms with E-state index in [9.17, 15) is 19.2 Å². The number of fused-ring (bicyclic) bond motifs is 2. The van der Waals surface area contributed by atoms with Crippen molar-refractivity contribution in [3.63, 3.8) is 0 Å². The fourth-order valence-electron chi connectivity index (χ4n) is 6.97. The van der Waals surface area contributed by atoms with Crippen LogP contribution < -0.4 is 20.1 Å². The first-order valence-electron chi connectivity index (χ1n) is 17.9. The smallest absolute Gasteiger partial charge is 0.328 e. The van der Waals surface area contributed by atoms with Crippen LogP contribution in [0.2, 0.25) is 0 Å². The van der Waals surface area contributed by atoms with Crippen LogP contribution in [0.25, 0.3) is 0 Å². The molecular formula is C38H52N4O8. The minimum atomic E-state index is -1.26. The third-order valence-electron chi connectivity index (χ3n) is 9.53. The summed E-state index contributed by atoms with van der Waals surface area (Å²) in [5.74, 6) is -0.937. The van der Waals surface area contributed by atoms with Crippen LogP contribution in [0.1, 0.15) is 84.2 Å². The molecule has 0 spiro atoms. The van der Waals surface area contributed by atoms with E-state index in [1.807, 2.05) is 24.3 Å². The molecule has 4 N–H and O–H groups in total. The number of benzene rings is 2. The zero-order chi connectivity index (χ0) is 35.9. The number of para-hydroxylation sites is 2. The van der Waals surface area contributed by atoms with Gasteiger partial charge in [-0.15, -0.1) is 0 Å². The third-order valence-corrected chi connectivity index (χ3v) is 9.53. The predicted molar refractivity (Wildman–Crippen MR) is 190 cm³/mol.